The number of nitrogens with zero attached hydrogens (tertiary/aromatic N) is 2. The maximum atomic E-state index is 12.6. The molecule has 3 aromatic carbocycles. The van der Waals surface area contributed by atoms with Crippen molar-refractivity contribution in [2.45, 2.75) is 0 Å². The van der Waals surface area contributed by atoms with Gasteiger partial charge in [-0.15, -0.1) is 0 Å². The van der Waals surface area contributed by atoms with Gasteiger partial charge in [-0.1, -0.05) is 42.5 Å². The molecule has 142 valence electrons. The Balaban J connectivity index is 1.86. The third kappa shape index (κ3) is 4.84. The number of ether oxygens (including phenoxy) is 1. The Morgan fingerprint density at radius 1 is 1.00 bits per heavy atom. The zero-order valence-corrected chi connectivity index (χ0v) is 15.1. The van der Waals surface area contributed by atoms with Crippen molar-refractivity contribution >= 4 is 23.4 Å². The smallest absolute Gasteiger partial charge is 0.276 e. The number of amides is 1. The third-order valence-electron chi connectivity index (χ3n) is 3.90. The summed E-state index contributed by atoms with van der Waals surface area (Å²) >= 11 is 0. The van der Waals surface area contributed by atoms with Gasteiger partial charge in [0.15, 0.2) is 5.75 Å². The molecule has 7 nitrogen and oxygen atoms in total. The van der Waals surface area contributed by atoms with Crippen LogP contribution in [-0.4, -0.2) is 10.8 Å². The summed E-state index contributed by atoms with van der Waals surface area (Å²) in [5, 5.41) is 23.2. The molecule has 0 aliphatic carbocycles. The molecule has 0 spiro atoms. The van der Waals surface area contributed by atoms with Crippen molar-refractivity contribution in [1.29, 1.82) is 5.26 Å². The number of nitriles is 1. The lowest BCUT2D eigenvalue weighted by Gasteiger charge is -2.12. The van der Waals surface area contributed by atoms with Crippen molar-refractivity contribution in [3.05, 3.63) is 100 Å². The van der Waals surface area contributed by atoms with E-state index in [1.807, 2.05) is 18.2 Å². The van der Waals surface area contributed by atoms with Crippen LogP contribution in [-0.2, 0) is 4.79 Å². The first-order valence-corrected chi connectivity index (χ1v) is 8.57. The minimum Gasteiger partial charge on any atom is -0.455 e. The van der Waals surface area contributed by atoms with Gasteiger partial charge in [0.25, 0.3) is 11.6 Å². The number of rotatable bonds is 6. The maximum Gasteiger partial charge on any atom is 0.276 e. The van der Waals surface area contributed by atoms with E-state index in [1.54, 1.807) is 48.5 Å². The van der Waals surface area contributed by atoms with E-state index >= 15 is 0 Å². The number of nitro benzene ring substituents is 1. The van der Waals surface area contributed by atoms with Crippen molar-refractivity contribution in [3.63, 3.8) is 0 Å². The van der Waals surface area contributed by atoms with E-state index in [0.29, 0.717) is 17.2 Å². The van der Waals surface area contributed by atoms with Crippen LogP contribution >= 0.6 is 0 Å². The molecule has 29 heavy (non-hydrogen) atoms. The van der Waals surface area contributed by atoms with E-state index in [9.17, 15) is 20.2 Å². The Labute approximate surface area is 166 Å². The van der Waals surface area contributed by atoms with E-state index in [4.69, 9.17) is 4.74 Å². The zero-order valence-electron chi connectivity index (χ0n) is 15.1. The van der Waals surface area contributed by atoms with E-state index in [2.05, 4.69) is 5.32 Å². The van der Waals surface area contributed by atoms with Gasteiger partial charge < -0.3 is 10.1 Å². The predicted molar refractivity (Wildman–Crippen MR) is 108 cm³/mol. The highest BCUT2D eigenvalue weighted by molar-refractivity contribution is 6.10. The fourth-order valence-electron chi connectivity index (χ4n) is 2.54. The van der Waals surface area contributed by atoms with Gasteiger partial charge in [-0.25, -0.2) is 0 Å². The molecule has 0 bridgehead atoms. The standard InChI is InChI=1S/C22H15N3O4/c23-15-17(14-16-8-4-6-12-20(16)25(27)28)22(26)24-19-11-5-7-13-21(19)29-18-9-2-1-3-10-18/h1-14H,(H,24,26)/b17-14+. The highest BCUT2D eigenvalue weighted by atomic mass is 16.6. The van der Waals surface area contributed by atoms with E-state index in [0.717, 1.165) is 0 Å². The SMILES string of the molecule is N#C/C(=C\c1ccccc1[N+](=O)[O-])C(=O)Nc1ccccc1Oc1ccccc1. The molecule has 0 unspecified atom stereocenters. The van der Waals surface area contributed by atoms with Crippen LogP contribution in [0.4, 0.5) is 11.4 Å². The molecule has 1 N–H and O–H groups in total. The fourth-order valence-corrected chi connectivity index (χ4v) is 2.54. The number of hydrogen-bond acceptors (Lipinski definition) is 5. The molecule has 3 rings (SSSR count). The van der Waals surface area contributed by atoms with Crippen LogP contribution in [0.1, 0.15) is 5.56 Å². The van der Waals surface area contributed by atoms with Crippen molar-refractivity contribution in [2.24, 2.45) is 0 Å². The van der Waals surface area contributed by atoms with Crippen LogP contribution in [0.15, 0.2) is 84.4 Å². The van der Waals surface area contributed by atoms with Crippen molar-refractivity contribution in [2.75, 3.05) is 5.32 Å². The average Bonchev–Trinajstić information content (AvgIpc) is 2.74. The molecule has 0 heterocycles. The van der Waals surface area contributed by atoms with Crippen molar-refractivity contribution in [3.8, 4) is 17.6 Å². The van der Waals surface area contributed by atoms with Gasteiger partial charge in [0.1, 0.15) is 17.4 Å². The van der Waals surface area contributed by atoms with Crippen molar-refractivity contribution in [1.82, 2.24) is 0 Å². The third-order valence-corrected chi connectivity index (χ3v) is 3.90. The topological polar surface area (TPSA) is 105 Å². The number of nitro groups is 1. The van der Waals surface area contributed by atoms with E-state index in [1.165, 1.54) is 24.3 Å². The molecule has 0 atom stereocenters. The molecule has 0 saturated heterocycles. The molecule has 0 fully saturated rings. The van der Waals surface area contributed by atoms with Gasteiger partial charge >= 0.3 is 0 Å². The van der Waals surface area contributed by atoms with Crippen LogP contribution in [0.25, 0.3) is 6.08 Å². The fraction of sp³-hybridized carbons (Fsp3) is 0. The normalized spacial score (nSPS) is 10.7. The monoisotopic (exact) mass is 385 g/mol. The number of carbonyl (C=O) groups is 1. The van der Waals surface area contributed by atoms with Gasteiger partial charge in [-0.3, -0.25) is 14.9 Å². The quantitative estimate of drug-likeness (QED) is 0.280. The molecular weight excluding hydrogens is 370 g/mol. The molecule has 0 saturated carbocycles. The van der Waals surface area contributed by atoms with Crippen LogP contribution in [0.3, 0.4) is 0 Å². The molecule has 7 heteroatoms. The first-order valence-electron chi connectivity index (χ1n) is 8.57. The number of benzene rings is 3. The highest BCUT2D eigenvalue weighted by Crippen LogP contribution is 2.29. The number of anilines is 1. The van der Waals surface area contributed by atoms with Gasteiger partial charge in [-0.05, 0) is 36.4 Å². The average molecular weight is 385 g/mol. The van der Waals surface area contributed by atoms with Gasteiger partial charge in [0.05, 0.1) is 16.2 Å². The maximum absolute atomic E-state index is 12.6. The largest absolute Gasteiger partial charge is 0.455 e. The van der Waals surface area contributed by atoms with E-state index in [-0.39, 0.29) is 16.8 Å². The lowest BCUT2D eigenvalue weighted by atomic mass is 10.1. The first-order chi connectivity index (χ1) is 14.1. The molecule has 0 radical (unpaired) electrons. The van der Waals surface area contributed by atoms with Crippen LogP contribution in [0, 0.1) is 21.4 Å². The Morgan fingerprint density at radius 3 is 2.38 bits per heavy atom. The second-order valence-electron chi connectivity index (χ2n) is 5.85. The lowest BCUT2D eigenvalue weighted by Crippen LogP contribution is -2.14. The molecule has 3 aromatic rings. The summed E-state index contributed by atoms with van der Waals surface area (Å²) in [6.07, 6.45) is 1.19. The predicted octanol–water partition coefficient (Wildman–Crippen LogP) is 4.93. The van der Waals surface area contributed by atoms with Gasteiger partial charge in [-0.2, -0.15) is 5.26 Å². The minimum absolute atomic E-state index is 0.165. The Kier molecular flexibility index (Phi) is 5.98. The van der Waals surface area contributed by atoms with Crippen molar-refractivity contribution < 1.29 is 14.5 Å². The second kappa shape index (κ2) is 8.97. The van der Waals surface area contributed by atoms with Crippen LogP contribution in [0.2, 0.25) is 0 Å². The summed E-state index contributed by atoms with van der Waals surface area (Å²) in [5.74, 6) is 0.287. The Morgan fingerprint density at radius 2 is 1.66 bits per heavy atom. The molecule has 0 aromatic heterocycles. The Hall–Kier alpha value is -4.44. The number of para-hydroxylation sites is 4. The number of hydrogen-bond donors (Lipinski definition) is 1. The number of nitrogens with one attached hydrogen (secondary N) is 1. The lowest BCUT2D eigenvalue weighted by molar-refractivity contribution is -0.385. The molecule has 1 amide bonds. The molecule has 0 aliphatic rings. The minimum atomic E-state index is -0.699. The van der Waals surface area contributed by atoms with Crippen LogP contribution in [0.5, 0.6) is 11.5 Å². The molecular formula is C22H15N3O4. The van der Waals surface area contributed by atoms with E-state index < -0.39 is 10.8 Å². The van der Waals surface area contributed by atoms with Gasteiger partial charge in [0, 0.05) is 6.07 Å². The zero-order chi connectivity index (χ0) is 20.6. The summed E-state index contributed by atoms with van der Waals surface area (Å²) in [5.41, 5.74) is 0.0674. The summed E-state index contributed by atoms with van der Waals surface area (Å²) in [7, 11) is 0. The Bertz CT molecular complexity index is 1120. The first kappa shape index (κ1) is 19.3. The summed E-state index contributed by atoms with van der Waals surface area (Å²) in [6.45, 7) is 0. The summed E-state index contributed by atoms with van der Waals surface area (Å²) in [6, 6.07) is 23.5. The highest BCUT2D eigenvalue weighted by Gasteiger charge is 2.16. The van der Waals surface area contributed by atoms with Crippen LogP contribution < -0.4 is 10.1 Å². The summed E-state index contributed by atoms with van der Waals surface area (Å²) in [4.78, 5) is 23.2. The number of carbonyl (C=O) groups excluding carboxylic acids is 1. The summed E-state index contributed by atoms with van der Waals surface area (Å²) < 4.78 is 5.79. The molecule has 0 aliphatic heterocycles. The second-order valence-corrected chi connectivity index (χ2v) is 5.85. The van der Waals surface area contributed by atoms with Gasteiger partial charge in [0.2, 0.25) is 0 Å².